The second kappa shape index (κ2) is 11.7. The fourth-order valence-electron chi connectivity index (χ4n) is 8.67. The van der Waals surface area contributed by atoms with E-state index in [0.717, 1.165) is 44.9 Å². The van der Waals surface area contributed by atoms with Crippen molar-refractivity contribution in [2.75, 3.05) is 7.11 Å². The summed E-state index contributed by atoms with van der Waals surface area (Å²) in [6.07, 6.45) is 9.13. The molecule has 0 aliphatic heterocycles. The highest BCUT2D eigenvalue weighted by molar-refractivity contribution is 5.91. The molecular formula is C33H43NO8. The molecule has 4 aliphatic rings. The first-order valence-corrected chi connectivity index (χ1v) is 15.3. The molecule has 3 fully saturated rings. The number of benzene rings is 1. The number of rotatable bonds is 8. The molecule has 0 aromatic heterocycles. The van der Waals surface area contributed by atoms with Crippen LogP contribution in [0.4, 0.5) is 0 Å². The minimum Gasteiger partial charge on any atom is -0.504 e. The number of carbonyl (C=O) groups excluding carboxylic acids is 4. The predicted molar refractivity (Wildman–Crippen MR) is 153 cm³/mol. The number of phenolic OH excluding ortho intramolecular Hbond substituents is 2. The van der Waals surface area contributed by atoms with Crippen LogP contribution in [0.1, 0.15) is 83.6 Å². The predicted octanol–water partition coefficient (Wildman–Crippen LogP) is 4.52. The Morgan fingerprint density at radius 1 is 1.00 bits per heavy atom. The van der Waals surface area contributed by atoms with Gasteiger partial charge in [0, 0.05) is 24.7 Å². The number of allylic oxidation sites excluding steroid dienone is 1. The van der Waals surface area contributed by atoms with Crippen molar-refractivity contribution in [2.45, 2.75) is 96.6 Å². The molecule has 0 radical (unpaired) electrons. The molecule has 1 aromatic carbocycles. The second-order valence-electron chi connectivity index (χ2n) is 13.2. The molecule has 7 atom stereocenters. The number of fused-ring (bicyclic) bond motifs is 5. The molecule has 9 heteroatoms. The first kappa shape index (κ1) is 30.1. The van der Waals surface area contributed by atoms with Gasteiger partial charge in [-0.1, -0.05) is 25.5 Å². The number of hydrogen-bond acceptors (Lipinski definition) is 8. The molecule has 228 valence electrons. The average molecular weight is 582 g/mol. The summed E-state index contributed by atoms with van der Waals surface area (Å²) >= 11 is 0. The molecule has 3 N–H and O–H groups in total. The molecule has 0 unspecified atom stereocenters. The third kappa shape index (κ3) is 5.66. The monoisotopic (exact) mass is 581 g/mol. The van der Waals surface area contributed by atoms with Gasteiger partial charge in [0.1, 0.15) is 12.1 Å². The Morgan fingerprint density at radius 2 is 1.79 bits per heavy atom. The van der Waals surface area contributed by atoms with Crippen LogP contribution in [-0.4, -0.2) is 53.1 Å². The zero-order chi connectivity index (χ0) is 30.2. The molecule has 5 rings (SSSR count). The van der Waals surface area contributed by atoms with E-state index in [4.69, 9.17) is 9.47 Å². The van der Waals surface area contributed by atoms with Crippen molar-refractivity contribution >= 4 is 23.6 Å². The second-order valence-corrected chi connectivity index (χ2v) is 13.2. The molecule has 0 spiro atoms. The van der Waals surface area contributed by atoms with Gasteiger partial charge in [0.25, 0.3) is 0 Å². The Bertz CT molecular complexity index is 1290. The quantitative estimate of drug-likeness (QED) is 0.301. The summed E-state index contributed by atoms with van der Waals surface area (Å²) < 4.78 is 10.9. The molecule has 42 heavy (non-hydrogen) atoms. The van der Waals surface area contributed by atoms with Gasteiger partial charge in [-0.25, -0.2) is 4.79 Å². The number of hydrogen-bond donors (Lipinski definition) is 3. The van der Waals surface area contributed by atoms with Gasteiger partial charge < -0.3 is 25.0 Å². The number of amides is 1. The molecule has 4 aliphatic carbocycles. The van der Waals surface area contributed by atoms with Crippen LogP contribution in [0.15, 0.2) is 29.8 Å². The van der Waals surface area contributed by atoms with Crippen molar-refractivity contribution in [2.24, 2.45) is 28.6 Å². The Labute approximate surface area is 247 Å². The lowest BCUT2D eigenvalue weighted by Gasteiger charge is -2.57. The van der Waals surface area contributed by atoms with Crippen molar-refractivity contribution in [3.05, 3.63) is 35.4 Å². The summed E-state index contributed by atoms with van der Waals surface area (Å²) in [5.74, 6) is -0.281. The normalized spacial score (nSPS) is 32.5. The average Bonchev–Trinajstić information content (AvgIpc) is 3.29. The van der Waals surface area contributed by atoms with Gasteiger partial charge in [-0.3, -0.25) is 14.4 Å². The van der Waals surface area contributed by atoms with E-state index in [1.165, 1.54) is 30.9 Å². The lowest BCUT2D eigenvalue weighted by atomic mass is 9.47. The van der Waals surface area contributed by atoms with Crippen molar-refractivity contribution in [3.63, 3.8) is 0 Å². The van der Waals surface area contributed by atoms with Crippen molar-refractivity contribution in [1.82, 2.24) is 5.32 Å². The zero-order valence-corrected chi connectivity index (χ0v) is 24.8. The summed E-state index contributed by atoms with van der Waals surface area (Å²) in [5.41, 5.74) is 1.88. The van der Waals surface area contributed by atoms with E-state index in [0.29, 0.717) is 29.7 Å². The lowest BCUT2D eigenvalue weighted by molar-refractivity contribution is -0.160. The number of ether oxygens (including phenoxy) is 2. The minimum absolute atomic E-state index is 0.0489. The van der Waals surface area contributed by atoms with E-state index in [-0.39, 0.29) is 53.5 Å². The Hall–Kier alpha value is -3.36. The van der Waals surface area contributed by atoms with Gasteiger partial charge >= 0.3 is 11.9 Å². The minimum atomic E-state index is -1.01. The van der Waals surface area contributed by atoms with Crippen LogP contribution in [-0.2, 0) is 35.1 Å². The van der Waals surface area contributed by atoms with Gasteiger partial charge in [-0.15, -0.1) is 0 Å². The summed E-state index contributed by atoms with van der Waals surface area (Å²) in [6, 6.07) is 3.15. The number of methoxy groups -OCH3 is 1. The van der Waals surface area contributed by atoms with Gasteiger partial charge in [0.05, 0.1) is 13.5 Å². The summed E-state index contributed by atoms with van der Waals surface area (Å²) in [5, 5.41) is 21.9. The highest BCUT2D eigenvalue weighted by Gasteiger charge is 2.60. The number of esters is 2. The standard InChI is InChI=1S/C33H43NO8/c1-32-14-12-21(35)18-20(32)5-6-22-23-7-9-28(33(23,2)15-13-24(22)32)42-30(39)11-10-29(38)34-25(31(40)41-3)16-19-4-8-26(36)27(37)17-19/h4,8,17-18,22-25,28,36-37H,5-7,9-16H2,1-3H3,(H,34,38)/t22-,23-,24+,25+,28-,32+,33+/m1/s1. The highest BCUT2D eigenvalue weighted by atomic mass is 16.5. The third-order valence-corrected chi connectivity index (χ3v) is 11.0. The number of ketones is 1. The van der Waals surface area contributed by atoms with Gasteiger partial charge in [0.2, 0.25) is 5.91 Å². The fourth-order valence-corrected chi connectivity index (χ4v) is 8.67. The molecular weight excluding hydrogens is 538 g/mol. The Morgan fingerprint density at radius 3 is 2.52 bits per heavy atom. The first-order chi connectivity index (χ1) is 19.9. The van der Waals surface area contributed by atoms with Crippen LogP contribution in [0.5, 0.6) is 11.5 Å². The van der Waals surface area contributed by atoms with Crippen LogP contribution >= 0.6 is 0 Å². The van der Waals surface area contributed by atoms with Crippen LogP contribution in [0, 0.1) is 28.6 Å². The van der Waals surface area contributed by atoms with Gasteiger partial charge in [-0.2, -0.15) is 0 Å². The van der Waals surface area contributed by atoms with E-state index in [2.05, 4.69) is 19.2 Å². The van der Waals surface area contributed by atoms with E-state index in [1.807, 2.05) is 6.08 Å². The number of nitrogens with one attached hydrogen (secondary N) is 1. The molecule has 1 aromatic rings. The van der Waals surface area contributed by atoms with Crippen LogP contribution in [0.3, 0.4) is 0 Å². The van der Waals surface area contributed by atoms with Crippen molar-refractivity contribution in [3.8, 4) is 11.5 Å². The zero-order valence-electron chi connectivity index (χ0n) is 24.8. The SMILES string of the molecule is COC(=O)[C@H](Cc1ccc(O)c(O)c1)NC(=O)CCC(=O)O[C@@H]1CC[C@@H]2[C@H]3CCC4=CC(=O)CC[C@]4(C)[C@H]3CC[C@@]21C. The maximum Gasteiger partial charge on any atom is 0.328 e. The largest absolute Gasteiger partial charge is 0.504 e. The van der Waals surface area contributed by atoms with Gasteiger partial charge in [0.15, 0.2) is 17.3 Å². The molecule has 3 saturated carbocycles. The van der Waals surface area contributed by atoms with E-state index >= 15 is 0 Å². The molecule has 0 heterocycles. The van der Waals surface area contributed by atoms with Gasteiger partial charge in [-0.05, 0) is 91.9 Å². The topological polar surface area (TPSA) is 139 Å². The van der Waals surface area contributed by atoms with E-state index in [1.54, 1.807) is 0 Å². The summed E-state index contributed by atoms with van der Waals surface area (Å²) in [6.45, 7) is 4.63. The molecule has 1 amide bonds. The molecule has 9 nitrogen and oxygen atoms in total. The maximum absolute atomic E-state index is 12.9. The number of aromatic hydroxyl groups is 2. The van der Waals surface area contributed by atoms with Crippen LogP contribution in [0.2, 0.25) is 0 Å². The lowest BCUT2D eigenvalue weighted by Crippen LogP contribution is -2.51. The highest BCUT2D eigenvalue weighted by Crippen LogP contribution is 2.65. The van der Waals surface area contributed by atoms with Crippen LogP contribution in [0.25, 0.3) is 0 Å². The molecule has 0 saturated heterocycles. The van der Waals surface area contributed by atoms with Crippen molar-refractivity contribution < 1.29 is 38.9 Å². The Kier molecular flexibility index (Phi) is 8.41. The third-order valence-electron chi connectivity index (χ3n) is 11.0. The van der Waals surface area contributed by atoms with Crippen LogP contribution < -0.4 is 5.32 Å². The first-order valence-electron chi connectivity index (χ1n) is 15.3. The van der Waals surface area contributed by atoms with Crippen molar-refractivity contribution in [1.29, 1.82) is 0 Å². The number of carbonyl (C=O) groups is 4. The van der Waals surface area contributed by atoms with E-state index < -0.39 is 23.9 Å². The summed E-state index contributed by atoms with van der Waals surface area (Å²) in [4.78, 5) is 50.0. The maximum atomic E-state index is 12.9. The smallest absolute Gasteiger partial charge is 0.328 e. The fraction of sp³-hybridized carbons (Fsp3) is 0.636. The Balaban J connectivity index is 1.15. The summed E-state index contributed by atoms with van der Waals surface area (Å²) in [7, 11) is 1.22. The van der Waals surface area contributed by atoms with E-state index in [9.17, 15) is 29.4 Å². The number of phenols is 2. The molecule has 0 bridgehead atoms.